The molecule has 0 spiro atoms. The normalized spacial score (nSPS) is 12.6. The summed E-state index contributed by atoms with van der Waals surface area (Å²) in [4.78, 5) is 11.7. The van der Waals surface area contributed by atoms with Crippen LogP contribution in [-0.2, 0) is 16.0 Å². The van der Waals surface area contributed by atoms with Crippen LogP contribution in [0.3, 0.4) is 0 Å². The molecule has 2 aromatic rings. The highest BCUT2D eigenvalue weighted by Gasteiger charge is 2.33. The Bertz CT molecular complexity index is 638. The molecular formula is C22H30O2Si. The monoisotopic (exact) mass is 354 g/mol. The van der Waals surface area contributed by atoms with E-state index < -0.39 is 8.07 Å². The zero-order chi connectivity index (χ0) is 18.1. The van der Waals surface area contributed by atoms with E-state index in [1.807, 2.05) is 6.92 Å². The molecule has 0 aromatic heterocycles. The molecular weight excluding hydrogens is 324 g/mol. The van der Waals surface area contributed by atoms with Gasteiger partial charge in [0, 0.05) is 6.42 Å². The topological polar surface area (TPSA) is 26.3 Å². The quantitative estimate of drug-likeness (QED) is 0.470. The minimum absolute atomic E-state index is 0.0693. The van der Waals surface area contributed by atoms with Gasteiger partial charge in [0.05, 0.1) is 14.7 Å². The van der Waals surface area contributed by atoms with Crippen molar-refractivity contribution in [2.24, 2.45) is 0 Å². The third-order valence-corrected chi connectivity index (χ3v) is 9.46. The molecule has 0 aliphatic heterocycles. The first-order valence-corrected chi connectivity index (χ1v) is 12.4. The van der Waals surface area contributed by atoms with Crippen molar-refractivity contribution in [3.8, 4) is 0 Å². The Balaban J connectivity index is 2.12. The highest BCUT2D eigenvalue weighted by Crippen LogP contribution is 2.31. The molecule has 0 saturated heterocycles. The number of esters is 1. The lowest BCUT2D eigenvalue weighted by Gasteiger charge is -2.33. The van der Waals surface area contributed by atoms with Gasteiger partial charge in [0.15, 0.2) is 0 Å². The van der Waals surface area contributed by atoms with E-state index in [2.05, 4.69) is 73.8 Å². The van der Waals surface area contributed by atoms with Crippen molar-refractivity contribution < 1.29 is 9.53 Å². The van der Waals surface area contributed by atoms with Crippen LogP contribution >= 0.6 is 0 Å². The molecule has 0 fully saturated rings. The number of carbonyl (C=O) groups is 1. The molecule has 0 radical (unpaired) electrons. The van der Waals surface area contributed by atoms with Gasteiger partial charge in [0.25, 0.3) is 0 Å². The second-order valence-electron chi connectivity index (χ2n) is 7.17. The fourth-order valence-electron chi connectivity index (χ4n) is 3.45. The second kappa shape index (κ2) is 9.57. The summed E-state index contributed by atoms with van der Waals surface area (Å²) in [7, 11) is -1.63. The summed E-state index contributed by atoms with van der Waals surface area (Å²) in [6.07, 6.45) is 3.58. The van der Waals surface area contributed by atoms with E-state index in [9.17, 15) is 4.79 Å². The van der Waals surface area contributed by atoms with Gasteiger partial charge in [0.2, 0.25) is 0 Å². The minimum atomic E-state index is -1.63. The van der Waals surface area contributed by atoms with Crippen molar-refractivity contribution in [1.29, 1.82) is 0 Å². The summed E-state index contributed by atoms with van der Waals surface area (Å²) in [5, 5.41) is 1.49. The molecule has 0 bridgehead atoms. The van der Waals surface area contributed by atoms with Gasteiger partial charge in [0.1, 0.15) is 0 Å². The van der Waals surface area contributed by atoms with Crippen molar-refractivity contribution >= 4 is 19.2 Å². The third-order valence-electron chi connectivity index (χ3n) is 5.10. The Morgan fingerprint density at radius 2 is 1.60 bits per heavy atom. The number of hydrogen-bond donors (Lipinski definition) is 0. The maximum Gasteiger partial charge on any atom is 0.305 e. The number of carbonyl (C=O) groups excluding carboxylic acids is 1. The predicted octanol–water partition coefficient (Wildman–Crippen LogP) is 4.95. The van der Waals surface area contributed by atoms with E-state index >= 15 is 0 Å². The average molecular weight is 355 g/mol. The van der Waals surface area contributed by atoms with Crippen LogP contribution in [-0.4, -0.2) is 20.7 Å². The molecule has 0 N–H and O–H groups in total. The predicted molar refractivity (Wildman–Crippen MR) is 108 cm³/mol. The summed E-state index contributed by atoms with van der Waals surface area (Å²) in [5.41, 5.74) is 1.99. The Morgan fingerprint density at radius 3 is 2.20 bits per heavy atom. The lowest BCUT2D eigenvalue weighted by molar-refractivity contribution is -0.143. The van der Waals surface area contributed by atoms with E-state index in [0.717, 1.165) is 19.3 Å². The fourth-order valence-corrected chi connectivity index (χ4v) is 6.64. The van der Waals surface area contributed by atoms with Gasteiger partial charge in [-0.05, 0) is 30.9 Å². The van der Waals surface area contributed by atoms with E-state index in [1.165, 1.54) is 10.8 Å². The molecule has 2 rings (SSSR count). The summed E-state index contributed by atoms with van der Waals surface area (Å²) < 4.78 is 5.08. The second-order valence-corrected chi connectivity index (χ2v) is 12.0. The van der Waals surface area contributed by atoms with Crippen LogP contribution in [0, 0.1) is 0 Å². The van der Waals surface area contributed by atoms with Crippen LogP contribution in [0.15, 0.2) is 60.7 Å². The molecule has 2 aromatic carbocycles. The van der Waals surface area contributed by atoms with Crippen LogP contribution in [0.4, 0.5) is 0 Å². The lowest BCUT2D eigenvalue weighted by atomic mass is 10.1. The highest BCUT2D eigenvalue weighted by atomic mass is 28.3. The van der Waals surface area contributed by atoms with Gasteiger partial charge < -0.3 is 4.74 Å². The van der Waals surface area contributed by atoms with Crippen molar-refractivity contribution in [3.05, 3.63) is 66.2 Å². The molecule has 0 amide bonds. The Hall–Kier alpha value is -1.87. The standard InChI is InChI=1S/C22H30O2Si/c1-4-24-22(23)17-11-16-21(18-19-12-7-5-8-13-19)25(2,3)20-14-9-6-10-15-20/h5-10,12-15,21H,4,11,16-18H2,1-3H3/t21-/m0/s1. The first-order chi connectivity index (χ1) is 12.0. The summed E-state index contributed by atoms with van der Waals surface area (Å²) in [6, 6.07) is 21.6. The van der Waals surface area contributed by atoms with Gasteiger partial charge in [-0.15, -0.1) is 0 Å². The van der Waals surface area contributed by atoms with Gasteiger partial charge in [-0.25, -0.2) is 0 Å². The fraction of sp³-hybridized carbons (Fsp3) is 0.409. The third kappa shape index (κ3) is 5.85. The molecule has 3 heteroatoms. The number of benzene rings is 2. The van der Waals surface area contributed by atoms with E-state index in [-0.39, 0.29) is 5.97 Å². The molecule has 134 valence electrons. The van der Waals surface area contributed by atoms with Crippen molar-refractivity contribution in [2.75, 3.05) is 6.61 Å². The smallest absolute Gasteiger partial charge is 0.305 e. The average Bonchev–Trinajstić information content (AvgIpc) is 2.62. The van der Waals surface area contributed by atoms with Gasteiger partial charge >= 0.3 is 5.97 Å². The first kappa shape index (κ1) is 19.5. The Morgan fingerprint density at radius 1 is 1.00 bits per heavy atom. The minimum Gasteiger partial charge on any atom is -0.466 e. The Kier molecular flexibility index (Phi) is 7.45. The van der Waals surface area contributed by atoms with Gasteiger partial charge in [-0.2, -0.15) is 0 Å². The van der Waals surface area contributed by atoms with Crippen molar-refractivity contribution in [3.63, 3.8) is 0 Å². The van der Waals surface area contributed by atoms with Crippen LogP contribution in [0.5, 0.6) is 0 Å². The number of rotatable bonds is 9. The zero-order valence-corrected chi connectivity index (χ0v) is 16.7. The molecule has 0 aliphatic rings. The molecule has 0 unspecified atom stereocenters. The summed E-state index contributed by atoms with van der Waals surface area (Å²) >= 11 is 0. The molecule has 25 heavy (non-hydrogen) atoms. The Labute approximate surface area is 153 Å². The van der Waals surface area contributed by atoms with Crippen LogP contribution in [0.2, 0.25) is 18.6 Å². The van der Waals surface area contributed by atoms with Crippen LogP contribution < -0.4 is 5.19 Å². The zero-order valence-electron chi connectivity index (χ0n) is 15.7. The van der Waals surface area contributed by atoms with Crippen molar-refractivity contribution in [1.82, 2.24) is 0 Å². The number of ether oxygens (including phenoxy) is 1. The first-order valence-electron chi connectivity index (χ1n) is 9.29. The molecule has 0 heterocycles. The van der Waals surface area contributed by atoms with Gasteiger partial charge in [-0.3, -0.25) is 4.79 Å². The number of hydrogen-bond acceptors (Lipinski definition) is 2. The maximum absolute atomic E-state index is 11.7. The summed E-state index contributed by atoms with van der Waals surface area (Å²) in [5.74, 6) is -0.0693. The van der Waals surface area contributed by atoms with E-state index in [1.54, 1.807) is 0 Å². The maximum atomic E-state index is 11.7. The van der Waals surface area contributed by atoms with Crippen LogP contribution in [0.25, 0.3) is 0 Å². The van der Waals surface area contributed by atoms with Gasteiger partial charge in [-0.1, -0.05) is 85.4 Å². The SMILES string of the molecule is CCOC(=O)CCC[C@@H](Cc1ccccc1)[Si](C)(C)c1ccccc1. The molecule has 2 nitrogen and oxygen atoms in total. The van der Waals surface area contributed by atoms with Crippen LogP contribution in [0.1, 0.15) is 31.7 Å². The highest BCUT2D eigenvalue weighted by molar-refractivity contribution is 6.91. The molecule has 0 saturated carbocycles. The summed E-state index contributed by atoms with van der Waals surface area (Å²) in [6.45, 7) is 7.25. The molecule has 0 aliphatic carbocycles. The van der Waals surface area contributed by atoms with Crippen molar-refractivity contribution in [2.45, 2.75) is 51.2 Å². The lowest BCUT2D eigenvalue weighted by Crippen LogP contribution is -2.46. The van der Waals surface area contributed by atoms with E-state index in [4.69, 9.17) is 4.74 Å². The molecule has 1 atom stereocenters. The largest absolute Gasteiger partial charge is 0.466 e. The van der Waals surface area contributed by atoms with E-state index in [0.29, 0.717) is 18.6 Å².